The summed E-state index contributed by atoms with van der Waals surface area (Å²) < 4.78 is 42.3. The van der Waals surface area contributed by atoms with Gasteiger partial charge in [-0.25, -0.2) is 13.1 Å². The second-order valence-corrected chi connectivity index (χ2v) is 6.92. The maximum absolute atomic E-state index is 12.3. The van der Waals surface area contributed by atoms with Crippen molar-refractivity contribution in [2.24, 2.45) is 0 Å². The molecule has 0 fully saturated rings. The number of hydrogen-bond donors (Lipinski definition) is 2. The van der Waals surface area contributed by atoms with Crippen molar-refractivity contribution in [1.29, 1.82) is 0 Å². The van der Waals surface area contributed by atoms with E-state index < -0.39 is 16.1 Å². The average Bonchev–Trinajstić information content (AvgIpc) is 2.65. The van der Waals surface area contributed by atoms with Crippen molar-refractivity contribution < 1.29 is 27.7 Å². The number of hydrogen-bond acceptors (Lipinski definition) is 6. The third-order valence-electron chi connectivity index (χ3n) is 3.63. The molecule has 0 aromatic heterocycles. The Labute approximate surface area is 147 Å². The van der Waals surface area contributed by atoms with Crippen molar-refractivity contribution in [1.82, 2.24) is 4.72 Å². The summed E-state index contributed by atoms with van der Waals surface area (Å²) >= 11 is 0. The van der Waals surface area contributed by atoms with Gasteiger partial charge in [-0.05, 0) is 42.0 Å². The summed E-state index contributed by atoms with van der Waals surface area (Å²) in [6, 6.07) is 10.9. The van der Waals surface area contributed by atoms with Gasteiger partial charge in [-0.3, -0.25) is 0 Å². The number of ether oxygens (including phenoxy) is 3. The molecule has 0 aliphatic heterocycles. The summed E-state index contributed by atoms with van der Waals surface area (Å²) in [6.07, 6.45) is -1.03. The van der Waals surface area contributed by atoms with Crippen molar-refractivity contribution in [3.05, 3.63) is 48.0 Å². The zero-order chi connectivity index (χ0) is 18.4. The minimum Gasteiger partial charge on any atom is -0.497 e. The number of aliphatic hydroxyl groups excluding tert-OH is 1. The van der Waals surface area contributed by atoms with Crippen LogP contribution in [0.1, 0.15) is 11.7 Å². The van der Waals surface area contributed by atoms with Gasteiger partial charge in [0.2, 0.25) is 10.0 Å². The third-order valence-corrected chi connectivity index (χ3v) is 5.07. The third kappa shape index (κ3) is 4.62. The molecule has 136 valence electrons. The number of nitrogens with one attached hydrogen (secondary N) is 1. The Hall–Kier alpha value is -2.29. The summed E-state index contributed by atoms with van der Waals surface area (Å²) in [7, 11) is 0.760. The van der Waals surface area contributed by atoms with Gasteiger partial charge in [0, 0.05) is 6.54 Å². The van der Waals surface area contributed by atoms with Crippen LogP contribution in [-0.2, 0) is 10.0 Å². The topological polar surface area (TPSA) is 94.1 Å². The van der Waals surface area contributed by atoms with Gasteiger partial charge in [0.05, 0.1) is 32.3 Å². The van der Waals surface area contributed by atoms with Crippen molar-refractivity contribution in [2.45, 2.75) is 11.0 Å². The molecule has 0 aliphatic rings. The highest BCUT2D eigenvalue weighted by atomic mass is 32.2. The van der Waals surface area contributed by atoms with Gasteiger partial charge >= 0.3 is 0 Å². The van der Waals surface area contributed by atoms with Gasteiger partial charge in [-0.2, -0.15) is 0 Å². The smallest absolute Gasteiger partial charge is 0.240 e. The first-order valence-corrected chi connectivity index (χ1v) is 8.93. The molecule has 2 N–H and O–H groups in total. The van der Waals surface area contributed by atoms with Crippen LogP contribution < -0.4 is 18.9 Å². The summed E-state index contributed by atoms with van der Waals surface area (Å²) in [4.78, 5) is 0.0906. The quantitative estimate of drug-likeness (QED) is 0.738. The van der Waals surface area contributed by atoms with Gasteiger partial charge in [0.25, 0.3) is 0 Å². The van der Waals surface area contributed by atoms with Crippen LogP contribution in [0.25, 0.3) is 0 Å². The molecule has 0 heterocycles. The van der Waals surface area contributed by atoms with E-state index in [2.05, 4.69) is 4.72 Å². The Balaban J connectivity index is 2.08. The van der Waals surface area contributed by atoms with Crippen LogP contribution in [0.15, 0.2) is 47.4 Å². The average molecular weight is 367 g/mol. The molecule has 0 saturated heterocycles. The number of benzene rings is 2. The molecule has 8 heteroatoms. The molecule has 0 amide bonds. The first kappa shape index (κ1) is 19.0. The van der Waals surface area contributed by atoms with E-state index in [0.29, 0.717) is 22.8 Å². The second kappa shape index (κ2) is 8.19. The summed E-state index contributed by atoms with van der Waals surface area (Å²) in [5.41, 5.74) is 0.509. The fourth-order valence-electron chi connectivity index (χ4n) is 2.20. The number of rotatable bonds is 8. The SMILES string of the molecule is COc1ccc(S(=O)(=O)NCC(O)c2ccc(OC)c(OC)c2)cc1. The minimum atomic E-state index is -3.74. The largest absolute Gasteiger partial charge is 0.497 e. The minimum absolute atomic E-state index is 0.0906. The normalized spacial score (nSPS) is 12.5. The van der Waals surface area contributed by atoms with Crippen LogP contribution in [0, 0.1) is 0 Å². The predicted molar refractivity (Wildman–Crippen MR) is 92.7 cm³/mol. The maximum atomic E-state index is 12.3. The number of methoxy groups -OCH3 is 3. The lowest BCUT2D eigenvalue weighted by Gasteiger charge is -2.15. The Morgan fingerprint density at radius 1 is 0.960 bits per heavy atom. The molecule has 2 aromatic carbocycles. The molecule has 25 heavy (non-hydrogen) atoms. The van der Waals surface area contributed by atoms with Crippen molar-refractivity contribution in [3.63, 3.8) is 0 Å². The molecular weight excluding hydrogens is 346 g/mol. The van der Waals surface area contributed by atoms with E-state index in [0.717, 1.165) is 0 Å². The summed E-state index contributed by atoms with van der Waals surface area (Å²) in [6.45, 7) is -0.177. The van der Waals surface area contributed by atoms with E-state index in [1.807, 2.05) is 0 Å². The Kier molecular flexibility index (Phi) is 6.24. The maximum Gasteiger partial charge on any atom is 0.240 e. The van der Waals surface area contributed by atoms with E-state index in [1.54, 1.807) is 30.3 Å². The van der Waals surface area contributed by atoms with E-state index >= 15 is 0 Å². The van der Waals surface area contributed by atoms with E-state index in [1.165, 1.54) is 33.5 Å². The van der Waals surface area contributed by atoms with Gasteiger partial charge in [0.1, 0.15) is 5.75 Å². The highest BCUT2D eigenvalue weighted by Crippen LogP contribution is 2.30. The van der Waals surface area contributed by atoms with Gasteiger partial charge in [-0.1, -0.05) is 6.07 Å². The molecule has 2 aromatic rings. The number of sulfonamides is 1. The monoisotopic (exact) mass is 367 g/mol. The second-order valence-electron chi connectivity index (χ2n) is 5.16. The van der Waals surface area contributed by atoms with Gasteiger partial charge in [-0.15, -0.1) is 0 Å². The molecule has 1 atom stereocenters. The van der Waals surface area contributed by atoms with Crippen molar-refractivity contribution in [2.75, 3.05) is 27.9 Å². The highest BCUT2D eigenvalue weighted by Gasteiger charge is 2.18. The zero-order valence-corrected chi connectivity index (χ0v) is 15.0. The van der Waals surface area contributed by atoms with Crippen LogP contribution in [-0.4, -0.2) is 41.4 Å². The predicted octanol–water partition coefficient (Wildman–Crippen LogP) is 1.72. The Bertz CT molecular complexity index is 804. The van der Waals surface area contributed by atoms with Gasteiger partial charge < -0.3 is 19.3 Å². The van der Waals surface area contributed by atoms with Crippen LogP contribution in [0.2, 0.25) is 0 Å². The molecule has 0 saturated carbocycles. The fourth-order valence-corrected chi connectivity index (χ4v) is 3.24. The first-order valence-electron chi connectivity index (χ1n) is 7.45. The molecule has 0 aliphatic carbocycles. The molecule has 1 unspecified atom stereocenters. The highest BCUT2D eigenvalue weighted by molar-refractivity contribution is 7.89. The summed E-state index contributed by atoms with van der Waals surface area (Å²) in [5.74, 6) is 1.54. The summed E-state index contributed by atoms with van der Waals surface area (Å²) in [5, 5.41) is 10.3. The molecule has 0 radical (unpaired) electrons. The van der Waals surface area contributed by atoms with E-state index in [4.69, 9.17) is 14.2 Å². The standard InChI is InChI=1S/C17H21NO6S/c1-22-13-5-7-14(8-6-13)25(20,21)18-11-15(19)12-4-9-16(23-2)17(10-12)24-3/h4-10,15,18-19H,11H2,1-3H3. The molecule has 7 nitrogen and oxygen atoms in total. The van der Waals surface area contributed by atoms with Crippen LogP contribution in [0.5, 0.6) is 17.2 Å². The Morgan fingerprint density at radius 2 is 1.60 bits per heavy atom. The lowest BCUT2D eigenvalue weighted by molar-refractivity contribution is 0.181. The van der Waals surface area contributed by atoms with Crippen molar-refractivity contribution in [3.8, 4) is 17.2 Å². The van der Waals surface area contributed by atoms with Crippen molar-refractivity contribution >= 4 is 10.0 Å². The van der Waals surface area contributed by atoms with Crippen LogP contribution in [0.3, 0.4) is 0 Å². The molecular formula is C17H21NO6S. The van der Waals surface area contributed by atoms with Crippen LogP contribution in [0.4, 0.5) is 0 Å². The zero-order valence-electron chi connectivity index (χ0n) is 14.2. The molecule has 0 bridgehead atoms. The lowest BCUT2D eigenvalue weighted by Crippen LogP contribution is -2.28. The van der Waals surface area contributed by atoms with Gasteiger partial charge in [0.15, 0.2) is 11.5 Å². The van der Waals surface area contributed by atoms with E-state index in [9.17, 15) is 13.5 Å². The fraction of sp³-hybridized carbons (Fsp3) is 0.294. The Morgan fingerprint density at radius 3 is 2.16 bits per heavy atom. The lowest BCUT2D eigenvalue weighted by atomic mass is 10.1. The molecule has 2 rings (SSSR count). The molecule has 0 spiro atoms. The first-order chi connectivity index (χ1) is 11.9. The van der Waals surface area contributed by atoms with Crippen LogP contribution >= 0.6 is 0 Å². The van der Waals surface area contributed by atoms with E-state index in [-0.39, 0.29) is 11.4 Å². The number of aliphatic hydroxyl groups is 1.